The Kier molecular flexibility index (Phi) is 3.41. The van der Waals surface area contributed by atoms with Crippen LogP contribution >= 0.6 is 11.6 Å². The van der Waals surface area contributed by atoms with Gasteiger partial charge in [-0.2, -0.15) is 5.10 Å². The maximum atomic E-state index is 12.8. The van der Waals surface area contributed by atoms with Crippen LogP contribution in [0.15, 0.2) is 36.7 Å². The van der Waals surface area contributed by atoms with Crippen molar-refractivity contribution in [3.63, 3.8) is 0 Å². The SMILES string of the molecule is Cc1ccc(Cl)cc1N1C(=O)NC(C)(Cn2cccn2)C1=O. The number of rotatable bonds is 3. The molecule has 1 aliphatic heterocycles. The fourth-order valence-electron chi connectivity index (χ4n) is 2.55. The molecule has 1 saturated heterocycles. The van der Waals surface area contributed by atoms with Crippen molar-refractivity contribution in [2.75, 3.05) is 4.90 Å². The van der Waals surface area contributed by atoms with E-state index in [2.05, 4.69) is 10.4 Å². The molecule has 1 aromatic heterocycles. The molecule has 1 N–H and O–H groups in total. The fraction of sp³-hybridized carbons (Fsp3) is 0.267. The highest BCUT2D eigenvalue weighted by molar-refractivity contribution is 6.31. The van der Waals surface area contributed by atoms with E-state index in [-0.39, 0.29) is 12.5 Å². The van der Waals surface area contributed by atoms with Gasteiger partial charge in [0.1, 0.15) is 5.54 Å². The zero-order valence-corrected chi connectivity index (χ0v) is 13.0. The molecule has 22 heavy (non-hydrogen) atoms. The second kappa shape index (κ2) is 5.14. The van der Waals surface area contributed by atoms with E-state index in [1.165, 1.54) is 0 Å². The first-order valence-corrected chi connectivity index (χ1v) is 7.19. The van der Waals surface area contributed by atoms with Gasteiger partial charge in [-0.3, -0.25) is 9.48 Å². The van der Waals surface area contributed by atoms with Crippen LogP contribution in [-0.2, 0) is 11.3 Å². The number of carbonyl (C=O) groups is 2. The Morgan fingerprint density at radius 2 is 2.14 bits per heavy atom. The van der Waals surface area contributed by atoms with Crippen molar-refractivity contribution < 1.29 is 9.59 Å². The molecule has 0 spiro atoms. The highest BCUT2D eigenvalue weighted by Gasteiger charge is 2.49. The van der Waals surface area contributed by atoms with Crippen LogP contribution < -0.4 is 10.2 Å². The summed E-state index contributed by atoms with van der Waals surface area (Å²) in [5.74, 6) is -0.321. The smallest absolute Gasteiger partial charge is 0.321 e. The summed E-state index contributed by atoms with van der Waals surface area (Å²) in [6.45, 7) is 3.78. The van der Waals surface area contributed by atoms with Gasteiger partial charge in [-0.25, -0.2) is 9.69 Å². The molecule has 2 aromatic rings. The molecule has 1 atom stereocenters. The number of halogens is 1. The van der Waals surface area contributed by atoms with Gasteiger partial charge in [0, 0.05) is 17.4 Å². The average molecular weight is 319 g/mol. The lowest BCUT2D eigenvalue weighted by atomic mass is 10.0. The van der Waals surface area contributed by atoms with Gasteiger partial charge in [-0.1, -0.05) is 17.7 Å². The first kappa shape index (κ1) is 14.6. The number of hydrogen-bond donors (Lipinski definition) is 1. The lowest BCUT2D eigenvalue weighted by Crippen LogP contribution is -2.47. The molecule has 6 nitrogen and oxygen atoms in total. The van der Waals surface area contributed by atoms with Crippen LogP contribution in [0.25, 0.3) is 0 Å². The molecule has 0 radical (unpaired) electrons. The van der Waals surface area contributed by atoms with E-state index in [0.717, 1.165) is 10.5 Å². The van der Waals surface area contributed by atoms with E-state index in [9.17, 15) is 9.59 Å². The molecule has 3 rings (SSSR count). The van der Waals surface area contributed by atoms with E-state index < -0.39 is 11.6 Å². The molecule has 7 heteroatoms. The summed E-state index contributed by atoms with van der Waals surface area (Å²) in [6.07, 6.45) is 3.38. The van der Waals surface area contributed by atoms with Gasteiger partial charge in [0.2, 0.25) is 0 Å². The van der Waals surface area contributed by atoms with Crippen molar-refractivity contribution in [1.29, 1.82) is 0 Å². The summed E-state index contributed by atoms with van der Waals surface area (Å²) >= 11 is 5.99. The number of urea groups is 1. The molecule has 114 valence electrons. The van der Waals surface area contributed by atoms with Crippen molar-refractivity contribution >= 4 is 29.2 Å². The van der Waals surface area contributed by atoms with Gasteiger partial charge in [0.15, 0.2) is 0 Å². The first-order valence-electron chi connectivity index (χ1n) is 6.81. The number of anilines is 1. The number of nitrogens with zero attached hydrogens (tertiary/aromatic N) is 3. The molecule has 2 heterocycles. The number of aromatic nitrogens is 2. The van der Waals surface area contributed by atoms with Crippen molar-refractivity contribution in [2.24, 2.45) is 0 Å². The minimum atomic E-state index is -1.04. The third-order valence-corrected chi connectivity index (χ3v) is 3.95. The van der Waals surface area contributed by atoms with Gasteiger partial charge in [-0.15, -0.1) is 0 Å². The third kappa shape index (κ3) is 2.35. The topological polar surface area (TPSA) is 67.2 Å². The standard InChI is InChI=1S/C15H15ClN4O2/c1-10-4-5-11(16)8-12(10)20-13(21)15(2,18-14(20)22)9-19-7-3-6-17-19/h3-8H,9H2,1-2H3,(H,18,22). The van der Waals surface area contributed by atoms with Crippen LogP contribution in [0.1, 0.15) is 12.5 Å². The van der Waals surface area contributed by atoms with E-state index in [0.29, 0.717) is 10.7 Å². The Bertz CT molecular complexity index is 744. The monoisotopic (exact) mass is 318 g/mol. The zero-order valence-electron chi connectivity index (χ0n) is 12.2. The molecule has 1 aliphatic rings. The highest BCUT2D eigenvalue weighted by Crippen LogP contribution is 2.30. The van der Waals surface area contributed by atoms with Crippen LogP contribution in [-0.4, -0.2) is 27.3 Å². The van der Waals surface area contributed by atoms with E-state index >= 15 is 0 Å². The van der Waals surface area contributed by atoms with E-state index in [4.69, 9.17) is 11.6 Å². The quantitative estimate of drug-likeness (QED) is 0.883. The molecule has 3 amide bonds. The summed E-state index contributed by atoms with van der Waals surface area (Å²) in [7, 11) is 0. The summed E-state index contributed by atoms with van der Waals surface area (Å²) in [5, 5.41) is 7.31. The Morgan fingerprint density at radius 1 is 1.36 bits per heavy atom. The molecule has 1 fully saturated rings. The van der Waals surface area contributed by atoms with Crippen LogP contribution in [0.2, 0.25) is 5.02 Å². The number of hydrogen-bond acceptors (Lipinski definition) is 3. The van der Waals surface area contributed by atoms with Crippen molar-refractivity contribution in [1.82, 2.24) is 15.1 Å². The number of benzene rings is 1. The predicted molar refractivity (Wildman–Crippen MR) is 82.8 cm³/mol. The summed E-state index contributed by atoms with van der Waals surface area (Å²) in [5.41, 5.74) is 0.258. The van der Waals surface area contributed by atoms with E-state index in [1.807, 2.05) is 6.92 Å². The number of imide groups is 1. The Morgan fingerprint density at radius 3 is 2.82 bits per heavy atom. The van der Waals surface area contributed by atoms with Crippen LogP contribution in [0.4, 0.5) is 10.5 Å². The van der Waals surface area contributed by atoms with Crippen molar-refractivity contribution in [3.8, 4) is 0 Å². The lowest BCUT2D eigenvalue weighted by molar-refractivity contribution is -0.122. The predicted octanol–water partition coefficient (Wildman–Crippen LogP) is 2.36. The molecule has 1 unspecified atom stereocenters. The molecule has 1 aromatic carbocycles. The summed E-state index contributed by atoms with van der Waals surface area (Å²) in [4.78, 5) is 26.2. The molecule has 0 aliphatic carbocycles. The highest BCUT2D eigenvalue weighted by atomic mass is 35.5. The van der Waals surface area contributed by atoms with Crippen LogP contribution in [0.5, 0.6) is 0 Å². The Balaban J connectivity index is 1.96. The minimum Gasteiger partial charge on any atom is -0.321 e. The summed E-state index contributed by atoms with van der Waals surface area (Å²) < 4.78 is 1.62. The maximum absolute atomic E-state index is 12.8. The maximum Gasteiger partial charge on any atom is 0.329 e. The minimum absolute atomic E-state index is 0.265. The second-order valence-electron chi connectivity index (χ2n) is 5.54. The van der Waals surface area contributed by atoms with Crippen LogP contribution in [0, 0.1) is 6.92 Å². The first-order chi connectivity index (χ1) is 10.4. The van der Waals surface area contributed by atoms with Gasteiger partial charge in [0.25, 0.3) is 5.91 Å². The normalized spacial score (nSPS) is 21.3. The lowest BCUT2D eigenvalue weighted by Gasteiger charge is -2.22. The fourth-order valence-corrected chi connectivity index (χ4v) is 2.72. The second-order valence-corrected chi connectivity index (χ2v) is 5.97. The Hall–Kier alpha value is -2.34. The zero-order chi connectivity index (χ0) is 15.9. The number of carbonyl (C=O) groups excluding carboxylic acids is 2. The van der Waals surface area contributed by atoms with Gasteiger partial charge >= 0.3 is 6.03 Å². The number of aryl methyl sites for hydroxylation is 1. The average Bonchev–Trinajstić information content (AvgIpc) is 3.01. The molecular weight excluding hydrogens is 304 g/mol. The van der Waals surface area contributed by atoms with Gasteiger partial charge in [-0.05, 0) is 37.6 Å². The molecule has 0 saturated carbocycles. The molecular formula is C15H15ClN4O2. The van der Waals surface area contributed by atoms with Crippen molar-refractivity contribution in [2.45, 2.75) is 25.9 Å². The van der Waals surface area contributed by atoms with E-state index in [1.54, 1.807) is 48.3 Å². The Labute approximate surface area is 132 Å². The van der Waals surface area contributed by atoms with Crippen molar-refractivity contribution in [3.05, 3.63) is 47.2 Å². The molecule has 0 bridgehead atoms. The third-order valence-electron chi connectivity index (χ3n) is 3.71. The number of nitrogens with one attached hydrogen (secondary N) is 1. The van der Waals surface area contributed by atoms with Gasteiger partial charge in [0.05, 0.1) is 12.2 Å². The van der Waals surface area contributed by atoms with Gasteiger partial charge < -0.3 is 5.32 Å². The number of amides is 3. The van der Waals surface area contributed by atoms with Crippen LogP contribution in [0.3, 0.4) is 0 Å². The summed E-state index contributed by atoms with van der Waals surface area (Å²) in [6, 6.07) is 6.44. The largest absolute Gasteiger partial charge is 0.329 e.